The Morgan fingerprint density at radius 1 is 0.451 bits per heavy atom. The fourth-order valence-corrected chi connectivity index (χ4v) is 7.58. The second kappa shape index (κ2) is 40.7. The van der Waals surface area contributed by atoms with Gasteiger partial charge in [0.15, 0.2) is 0 Å². The lowest BCUT2D eigenvalue weighted by Crippen LogP contribution is -2.29. The number of aliphatic hydroxyl groups excluding tert-OH is 1. The van der Waals surface area contributed by atoms with Gasteiger partial charge in [-0.3, -0.25) is 18.4 Å². The Morgan fingerprint density at radius 3 is 1.18 bits per heavy atom. The summed E-state index contributed by atoms with van der Waals surface area (Å²) in [7, 11) is -3.51. The summed E-state index contributed by atoms with van der Waals surface area (Å²) < 4.78 is 36.0. The van der Waals surface area contributed by atoms with E-state index in [2.05, 4.69) is 25.7 Å². The quantitative estimate of drug-likeness (QED) is 0.0374. The summed E-state index contributed by atoms with van der Waals surface area (Å²) in [5.74, 6) is -0.0386. The van der Waals surface area contributed by atoms with Gasteiger partial charge in [0.25, 0.3) is 0 Å². The van der Waals surface area contributed by atoms with Crippen molar-refractivity contribution in [3.8, 4) is 0 Å². The highest BCUT2D eigenvalue weighted by atomic mass is 31.2. The number of ether oxygens (including phenoxy) is 1. The zero-order chi connectivity index (χ0) is 37.4. The summed E-state index contributed by atoms with van der Waals surface area (Å²) in [6.45, 7) is 11.5. The maximum absolute atomic E-state index is 13.3. The van der Waals surface area contributed by atoms with Crippen molar-refractivity contribution in [1.82, 2.24) is 4.90 Å². The van der Waals surface area contributed by atoms with Gasteiger partial charge >= 0.3 is 13.8 Å². The summed E-state index contributed by atoms with van der Waals surface area (Å²) in [5, 5.41) is 9.54. The van der Waals surface area contributed by atoms with Gasteiger partial charge in [0.05, 0.1) is 33.0 Å². The number of aliphatic hydroxyl groups is 1. The van der Waals surface area contributed by atoms with Crippen LogP contribution in [0.25, 0.3) is 0 Å². The number of phosphoric acid groups is 1. The molecular formula is C42H86NO7P. The number of rotatable bonds is 43. The van der Waals surface area contributed by atoms with Crippen molar-refractivity contribution in [2.24, 2.45) is 0 Å². The Hall–Kier alpha value is -0.500. The predicted molar refractivity (Wildman–Crippen MR) is 215 cm³/mol. The molecule has 9 heteroatoms. The third kappa shape index (κ3) is 37.6. The lowest BCUT2D eigenvalue weighted by Gasteiger charge is -2.21. The lowest BCUT2D eigenvalue weighted by molar-refractivity contribution is -0.143. The Balaban J connectivity index is 4.02. The zero-order valence-electron chi connectivity index (χ0n) is 34.2. The molecule has 0 heterocycles. The average molecular weight is 748 g/mol. The number of phosphoric ester groups is 1. The molecule has 0 atom stereocenters. The van der Waals surface area contributed by atoms with Gasteiger partial charge in [0, 0.05) is 13.0 Å². The molecule has 0 saturated heterocycles. The van der Waals surface area contributed by atoms with Gasteiger partial charge < -0.3 is 14.7 Å². The van der Waals surface area contributed by atoms with E-state index in [9.17, 15) is 14.5 Å². The molecular weight excluding hydrogens is 661 g/mol. The fourth-order valence-electron chi connectivity index (χ4n) is 6.30. The van der Waals surface area contributed by atoms with E-state index in [0.29, 0.717) is 32.8 Å². The Morgan fingerprint density at radius 2 is 0.784 bits per heavy atom. The van der Waals surface area contributed by atoms with E-state index >= 15 is 0 Å². The van der Waals surface area contributed by atoms with Crippen molar-refractivity contribution in [3.05, 3.63) is 0 Å². The first-order valence-electron chi connectivity index (χ1n) is 22.0. The first-order chi connectivity index (χ1) is 25.0. The van der Waals surface area contributed by atoms with Crippen molar-refractivity contribution >= 4 is 13.8 Å². The van der Waals surface area contributed by atoms with Gasteiger partial charge in [-0.15, -0.1) is 0 Å². The van der Waals surface area contributed by atoms with Crippen LogP contribution in [0.3, 0.4) is 0 Å². The van der Waals surface area contributed by atoms with E-state index in [1.54, 1.807) is 0 Å². The number of nitrogens with zero attached hydrogens (tertiary/aromatic N) is 1. The van der Waals surface area contributed by atoms with Crippen LogP contribution in [0.2, 0.25) is 0 Å². The van der Waals surface area contributed by atoms with Crippen LogP contribution < -0.4 is 0 Å². The molecule has 8 nitrogen and oxygen atoms in total. The van der Waals surface area contributed by atoms with Crippen LogP contribution in [0.4, 0.5) is 0 Å². The molecule has 0 aliphatic heterocycles. The van der Waals surface area contributed by atoms with Crippen LogP contribution in [0.1, 0.15) is 213 Å². The van der Waals surface area contributed by atoms with E-state index in [1.165, 1.54) is 83.5 Å². The van der Waals surface area contributed by atoms with Gasteiger partial charge in [0.1, 0.15) is 0 Å². The minimum absolute atomic E-state index is 0.0386. The number of hydrogen-bond acceptors (Lipinski definition) is 8. The second-order valence-corrected chi connectivity index (χ2v) is 16.3. The lowest BCUT2D eigenvalue weighted by atomic mass is 10.1. The number of carbonyl (C=O) groups excluding carboxylic acids is 1. The second-order valence-electron chi connectivity index (χ2n) is 14.7. The molecule has 0 rings (SSSR count). The van der Waals surface area contributed by atoms with Crippen molar-refractivity contribution in [3.63, 3.8) is 0 Å². The summed E-state index contributed by atoms with van der Waals surface area (Å²) in [6, 6.07) is 0. The van der Waals surface area contributed by atoms with E-state index < -0.39 is 7.82 Å². The standard InChI is InChI=1S/C42H86NO7P/c1-4-7-10-13-16-22-29-38-47-42(45)33-26-19-17-20-27-34-43(36-37-44)35-28-21-18-25-32-41-50-51(46,48-39-30-23-14-11-8-5-2)49-40-31-24-15-12-9-6-3/h44H,4-41H2,1-3H3. The monoisotopic (exact) mass is 748 g/mol. The maximum Gasteiger partial charge on any atom is 0.474 e. The number of esters is 1. The van der Waals surface area contributed by atoms with Crippen LogP contribution in [0.15, 0.2) is 0 Å². The Labute approximate surface area is 316 Å². The molecule has 0 aliphatic carbocycles. The zero-order valence-corrected chi connectivity index (χ0v) is 35.1. The van der Waals surface area contributed by atoms with Crippen LogP contribution in [0, 0.1) is 0 Å². The minimum atomic E-state index is -3.51. The minimum Gasteiger partial charge on any atom is -0.466 e. The molecule has 0 fully saturated rings. The number of hydrogen-bond donors (Lipinski definition) is 1. The van der Waals surface area contributed by atoms with Gasteiger partial charge in [-0.2, -0.15) is 0 Å². The Bertz CT molecular complexity index is 735. The molecule has 0 amide bonds. The largest absolute Gasteiger partial charge is 0.474 e. The summed E-state index contributed by atoms with van der Waals surface area (Å²) in [5.41, 5.74) is 0. The SMILES string of the molecule is CCCCCCCCCOC(=O)CCCCCCCN(CCO)CCCCCCCOP(=O)(OCCCCCCCC)OCCCCCCCC. The molecule has 0 spiro atoms. The van der Waals surface area contributed by atoms with E-state index in [4.69, 9.17) is 18.3 Å². The van der Waals surface area contributed by atoms with Crippen molar-refractivity contribution < 1.29 is 32.8 Å². The van der Waals surface area contributed by atoms with Gasteiger partial charge in [0.2, 0.25) is 0 Å². The number of unbranched alkanes of at least 4 members (excludes halogenated alkanes) is 24. The molecule has 0 aromatic heterocycles. The first-order valence-corrected chi connectivity index (χ1v) is 23.5. The molecule has 306 valence electrons. The summed E-state index contributed by atoms with van der Waals surface area (Å²) in [6.07, 6.45) is 33.7. The highest BCUT2D eigenvalue weighted by molar-refractivity contribution is 7.48. The summed E-state index contributed by atoms with van der Waals surface area (Å²) >= 11 is 0. The average Bonchev–Trinajstić information content (AvgIpc) is 3.12. The topological polar surface area (TPSA) is 94.5 Å². The van der Waals surface area contributed by atoms with Gasteiger partial charge in [-0.1, -0.05) is 162 Å². The molecule has 0 aromatic carbocycles. The maximum atomic E-state index is 13.3. The molecule has 0 bridgehead atoms. The van der Waals surface area contributed by atoms with E-state index in [0.717, 1.165) is 122 Å². The van der Waals surface area contributed by atoms with Crippen LogP contribution >= 0.6 is 7.82 Å². The van der Waals surface area contributed by atoms with Gasteiger partial charge in [-0.05, 0) is 58.0 Å². The molecule has 0 unspecified atom stereocenters. The molecule has 0 aromatic rings. The molecule has 0 radical (unpaired) electrons. The fraction of sp³-hybridized carbons (Fsp3) is 0.976. The van der Waals surface area contributed by atoms with Crippen molar-refractivity contribution in [2.45, 2.75) is 213 Å². The third-order valence-corrected chi connectivity index (χ3v) is 11.1. The van der Waals surface area contributed by atoms with E-state index in [-0.39, 0.29) is 12.6 Å². The van der Waals surface area contributed by atoms with E-state index in [1.807, 2.05) is 0 Å². The van der Waals surface area contributed by atoms with Gasteiger partial charge in [-0.25, -0.2) is 4.57 Å². The normalized spacial score (nSPS) is 11.9. The van der Waals surface area contributed by atoms with Crippen LogP contribution in [-0.4, -0.2) is 68.6 Å². The third-order valence-electron chi connectivity index (χ3n) is 9.65. The molecule has 0 aliphatic rings. The van der Waals surface area contributed by atoms with Crippen LogP contribution in [-0.2, 0) is 27.7 Å². The van der Waals surface area contributed by atoms with Crippen molar-refractivity contribution in [1.29, 1.82) is 0 Å². The smallest absolute Gasteiger partial charge is 0.466 e. The molecule has 51 heavy (non-hydrogen) atoms. The first kappa shape index (κ1) is 50.5. The van der Waals surface area contributed by atoms with Crippen molar-refractivity contribution in [2.75, 3.05) is 52.7 Å². The molecule has 0 saturated carbocycles. The number of carbonyl (C=O) groups is 1. The highest BCUT2D eigenvalue weighted by Gasteiger charge is 2.26. The predicted octanol–water partition coefficient (Wildman–Crippen LogP) is 12.7. The highest BCUT2D eigenvalue weighted by Crippen LogP contribution is 2.50. The summed E-state index contributed by atoms with van der Waals surface area (Å²) in [4.78, 5) is 14.4. The Kier molecular flexibility index (Phi) is 40.3. The molecule has 1 N–H and O–H groups in total. The van der Waals surface area contributed by atoms with Crippen LogP contribution in [0.5, 0.6) is 0 Å².